The van der Waals surface area contributed by atoms with Gasteiger partial charge in [0.15, 0.2) is 0 Å². The van der Waals surface area contributed by atoms with Gasteiger partial charge in [-0.15, -0.1) is 11.3 Å². The summed E-state index contributed by atoms with van der Waals surface area (Å²) in [5, 5.41) is 6.41. The van der Waals surface area contributed by atoms with E-state index >= 15 is 0 Å². The lowest BCUT2D eigenvalue weighted by Gasteiger charge is -2.08. The van der Waals surface area contributed by atoms with Crippen LogP contribution in [0.4, 0.5) is 5.95 Å². The molecule has 2 aromatic heterocycles. The zero-order valence-corrected chi connectivity index (χ0v) is 13.0. The number of rotatable bonds is 7. The fourth-order valence-corrected chi connectivity index (χ4v) is 2.37. The van der Waals surface area contributed by atoms with Crippen LogP contribution >= 0.6 is 11.3 Å². The number of aromatic nitrogens is 3. The van der Waals surface area contributed by atoms with E-state index in [0.717, 1.165) is 35.8 Å². The van der Waals surface area contributed by atoms with E-state index in [1.54, 1.807) is 11.3 Å². The monoisotopic (exact) mass is 292 g/mol. The third-order valence-electron chi connectivity index (χ3n) is 2.62. The first-order chi connectivity index (χ1) is 9.67. The van der Waals surface area contributed by atoms with Crippen LogP contribution in [0, 0.1) is 13.8 Å². The summed E-state index contributed by atoms with van der Waals surface area (Å²) in [6, 6.07) is 1.85. The molecule has 0 amide bonds. The Hall–Kier alpha value is -1.69. The van der Waals surface area contributed by atoms with E-state index in [4.69, 9.17) is 4.74 Å². The third-order valence-corrected chi connectivity index (χ3v) is 3.44. The molecule has 0 saturated heterocycles. The Balaban J connectivity index is 1.89. The molecule has 0 bridgehead atoms. The molecule has 0 aliphatic rings. The van der Waals surface area contributed by atoms with Crippen molar-refractivity contribution in [1.82, 2.24) is 15.0 Å². The number of nitrogens with one attached hydrogen (secondary N) is 1. The summed E-state index contributed by atoms with van der Waals surface area (Å²) in [6.45, 7) is 7.47. The Morgan fingerprint density at radius 1 is 1.25 bits per heavy atom. The molecule has 1 N–H and O–H groups in total. The Morgan fingerprint density at radius 2 is 2.10 bits per heavy atom. The zero-order chi connectivity index (χ0) is 14.4. The van der Waals surface area contributed by atoms with Crippen molar-refractivity contribution in [3.05, 3.63) is 27.8 Å². The van der Waals surface area contributed by atoms with Crippen LogP contribution in [-0.4, -0.2) is 28.1 Å². The SMILES string of the molecule is CCCOc1cc(C)nc(NCCc2csc(C)n2)n1. The van der Waals surface area contributed by atoms with Crippen molar-refractivity contribution in [2.24, 2.45) is 0 Å². The van der Waals surface area contributed by atoms with Crippen molar-refractivity contribution in [1.29, 1.82) is 0 Å². The molecule has 2 rings (SSSR count). The van der Waals surface area contributed by atoms with Gasteiger partial charge < -0.3 is 10.1 Å². The fourth-order valence-electron chi connectivity index (χ4n) is 1.72. The van der Waals surface area contributed by atoms with Crippen LogP contribution in [0.15, 0.2) is 11.4 Å². The highest BCUT2D eigenvalue weighted by molar-refractivity contribution is 7.09. The minimum absolute atomic E-state index is 0.614. The van der Waals surface area contributed by atoms with Crippen LogP contribution in [0.5, 0.6) is 5.88 Å². The van der Waals surface area contributed by atoms with Crippen LogP contribution in [0.2, 0.25) is 0 Å². The van der Waals surface area contributed by atoms with E-state index in [1.807, 2.05) is 19.9 Å². The summed E-state index contributed by atoms with van der Waals surface area (Å²) in [5.41, 5.74) is 2.01. The summed E-state index contributed by atoms with van der Waals surface area (Å²) in [6.07, 6.45) is 1.84. The van der Waals surface area contributed by atoms with Crippen LogP contribution in [0.1, 0.15) is 29.7 Å². The van der Waals surface area contributed by atoms with E-state index in [9.17, 15) is 0 Å². The molecule has 0 aliphatic carbocycles. The molecular weight excluding hydrogens is 272 g/mol. The van der Waals surface area contributed by atoms with Crippen LogP contribution in [0.3, 0.4) is 0 Å². The Bertz CT molecular complexity index is 556. The molecule has 0 saturated carbocycles. The second-order valence-electron chi connectivity index (χ2n) is 4.55. The second kappa shape index (κ2) is 7.19. The molecule has 5 nitrogen and oxygen atoms in total. The molecule has 0 fully saturated rings. The molecule has 108 valence electrons. The lowest BCUT2D eigenvalue weighted by molar-refractivity contribution is 0.305. The van der Waals surface area contributed by atoms with Gasteiger partial charge in [-0.2, -0.15) is 4.98 Å². The number of aryl methyl sites for hydroxylation is 2. The number of hydrogen-bond donors (Lipinski definition) is 1. The van der Waals surface area contributed by atoms with Crippen molar-refractivity contribution in [3.63, 3.8) is 0 Å². The highest BCUT2D eigenvalue weighted by atomic mass is 32.1. The van der Waals surface area contributed by atoms with E-state index in [2.05, 4.69) is 32.6 Å². The molecule has 0 aliphatic heterocycles. The predicted octanol–water partition coefficient (Wildman–Crippen LogP) is 2.99. The molecule has 0 aromatic carbocycles. The highest BCUT2D eigenvalue weighted by Gasteiger charge is 2.04. The molecule has 2 heterocycles. The third kappa shape index (κ3) is 4.45. The summed E-state index contributed by atoms with van der Waals surface area (Å²) in [7, 11) is 0. The van der Waals surface area contributed by atoms with Gasteiger partial charge in [-0.3, -0.25) is 0 Å². The summed E-state index contributed by atoms with van der Waals surface area (Å²) in [5.74, 6) is 1.24. The van der Waals surface area contributed by atoms with E-state index in [-0.39, 0.29) is 0 Å². The first-order valence-corrected chi connectivity index (χ1v) is 7.68. The first-order valence-electron chi connectivity index (χ1n) is 6.80. The normalized spacial score (nSPS) is 10.6. The zero-order valence-electron chi connectivity index (χ0n) is 12.1. The van der Waals surface area contributed by atoms with Gasteiger partial charge in [-0.1, -0.05) is 6.92 Å². The largest absolute Gasteiger partial charge is 0.478 e. The van der Waals surface area contributed by atoms with Gasteiger partial charge in [0.05, 0.1) is 17.3 Å². The van der Waals surface area contributed by atoms with Crippen molar-refractivity contribution in [2.75, 3.05) is 18.5 Å². The highest BCUT2D eigenvalue weighted by Crippen LogP contribution is 2.13. The summed E-state index contributed by atoms with van der Waals surface area (Å²) < 4.78 is 5.54. The fraction of sp³-hybridized carbons (Fsp3) is 0.500. The summed E-state index contributed by atoms with van der Waals surface area (Å²) >= 11 is 1.67. The number of ether oxygens (including phenoxy) is 1. The van der Waals surface area contributed by atoms with Gasteiger partial charge >= 0.3 is 0 Å². The number of hydrogen-bond acceptors (Lipinski definition) is 6. The molecule has 0 spiro atoms. The van der Waals surface area contributed by atoms with Gasteiger partial charge in [0, 0.05) is 30.1 Å². The first kappa shape index (κ1) is 14.7. The predicted molar refractivity (Wildman–Crippen MR) is 81.6 cm³/mol. The van der Waals surface area contributed by atoms with Crippen LogP contribution in [-0.2, 0) is 6.42 Å². The molecule has 0 unspecified atom stereocenters. The average Bonchev–Trinajstić information content (AvgIpc) is 2.81. The minimum atomic E-state index is 0.614. The molecule has 0 radical (unpaired) electrons. The Kier molecular flexibility index (Phi) is 5.29. The van der Waals surface area contributed by atoms with Gasteiger partial charge in [0.25, 0.3) is 0 Å². The maximum absolute atomic E-state index is 5.54. The maximum atomic E-state index is 5.54. The topological polar surface area (TPSA) is 59.9 Å². The van der Waals surface area contributed by atoms with Gasteiger partial charge in [0.1, 0.15) is 0 Å². The van der Waals surface area contributed by atoms with E-state index in [1.165, 1.54) is 0 Å². The van der Waals surface area contributed by atoms with E-state index in [0.29, 0.717) is 18.4 Å². The van der Waals surface area contributed by atoms with Crippen molar-refractivity contribution < 1.29 is 4.74 Å². The molecule has 0 atom stereocenters. The van der Waals surface area contributed by atoms with Crippen molar-refractivity contribution in [3.8, 4) is 5.88 Å². The molecular formula is C14H20N4OS. The number of nitrogens with zero attached hydrogens (tertiary/aromatic N) is 3. The van der Waals surface area contributed by atoms with Gasteiger partial charge in [-0.25, -0.2) is 9.97 Å². The molecule has 20 heavy (non-hydrogen) atoms. The molecule has 6 heteroatoms. The number of anilines is 1. The minimum Gasteiger partial charge on any atom is -0.478 e. The Morgan fingerprint density at radius 3 is 2.80 bits per heavy atom. The van der Waals surface area contributed by atoms with E-state index < -0.39 is 0 Å². The maximum Gasteiger partial charge on any atom is 0.226 e. The summed E-state index contributed by atoms with van der Waals surface area (Å²) in [4.78, 5) is 13.1. The smallest absolute Gasteiger partial charge is 0.226 e. The average molecular weight is 292 g/mol. The van der Waals surface area contributed by atoms with Crippen molar-refractivity contribution >= 4 is 17.3 Å². The lowest BCUT2D eigenvalue weighted by Crippen LogP contribution is -2.10. The second-order valence-corrected chi connectivity index (χ2v) is 5.62. The standard InChI is InChI=1S/C14H20N4OS/c1-4-7-19-13-8-10(2)16-14(18-13)15-6-5-12-9-20-11(3)17-12/h8-9H,4-7H2,1-3H3,(H,15,16,18). The number of thiazole rings is 1. The quantitative estimate of drug-likeness (QED) is 0.850. The van der Waals surface area contributed by atoms with Gasteiger partial charge in [-0.05, 0) is 20.3 Å². The molecule has 2 aromatic rings. The van der Waals surface area contributed by atoms with Gasteiger partial charge in [0.2, 0.25) is 11.8 Å². The van der Waals surface area contributed by atoms with Crippen LogP contribution in [0.25, 0.3) is 0 Å². The van der Waals surface area contributed by atoms with Crippen LogP contribution < -0.4 is 10.1 Å². The van der Waals surface area contributed by atoms with Crippen molar-refractivity contribution in [2.45, 2.75) is 33.6 Å². The Labute approximate surface area is 123 Å². The lowest BCUT2D eigenvalue weighted by atomic mass is 10.3.